The van der Waals surface area contributed by atoms with Crippen LogP contribution in [0.4, 0.5) is 5.69 Å². The summed E-state index contributed by atoms with van der Waals surface area (Å²) in [6, 6.07) is 9.64. The molecule has 0 heterocycles. The van der Waals surface area contributed by atoms with Crippen molar-refractivity contribution in [2.45, 2.75) is 38.0 Å². The number of phenols is 1. The number of aromatic hydroxyl groups is 1. The van der Waals surface area contributed by atoms with Gasteiger partial charge in [0.25, 0.3) is 5.91 Å². The summed E-state index contributed by atoms with van der Waals surface area (Å²) in [5.74, 6) is -0.0875. The third-order valence-electron chi connectivity index (χ3n) is 5.03. The zero-order chi connectivity index (χ0) is 21.0. The van der Waals surface area contributed by atoms with Crippen molar-refractivity contribution >= 4 is 21.6 Å². The van der Waals surface area contributed by atoms with Crippen molar-refractivity contribution in [3.63, 3.8) is 0 Å². The van der Waals surface area contributed by atoms with Crippen LogP contribution in [-0.4, -0.2) is 43.4 Å². The first-order chi connectivity index (χ1) is 13.8. The van der Waals surface area contributed by atoms with Gasteiger partial charge in [-0.2, -0.15) is 4.31 Å². The average Bonchev–Trinajstić information content (AvgIpc) is 3.16. The lowest BCUT2D eigenvalue weighted by Crippen LogP contribution is -2.30. The molecule has 0 bridgehead atoms. The van der Waals surface area contributed by atoms with Gasteiger partial charge in [-0.25, -0.2) is 8.42 Å². The Labute approximate surface area is 171 Å². The minimum Gasteiger partial charge on any atom is -0.506 e. The van der Waals surface area contributed by atoms with Crippen LogP contribution in [0.2, 0.25) is 0 Å². The minimum atomic E-state index is -3.70. The van der Waals surface area contributed by atoms with E-state index in [9.17, 15) is 18.3 Å². The normalized spacial score (nSPS) is 13.3. The lowest BCUT2D eigenvalue weighted by molar-refractivity contribution is -0.118. The second-order valence-corrected chi connectivity index (χ2v) is 8.83. The predicted octanol–water partition coefficient (Wildman–Crippen LogP) is 2.93. The zero-order valence-electron chi connectivity index (χ0n) is 16.6. The van der Waals surface area contributed by atoms with E-state index in [1.54, 1.807) is 13.8 Å². The third-order valence-corrected chi connectivity index (χ3v) is 7.07. The number of aryl methyl sites for hydroxylation is 2. The van der Waals surface area contributed by atoms with Crippen molar-refractivity contribution in [3.8, 4) is 11.5 Å². The number of nitrogens with one attached hydrogen (secondary N) is 1. The number of sulfonamides is 1. The fraction of sp³-hybridized carbons (Fsp3) is 0.381. The van der Waals surface area contributed by atoms with Gasteiger partial charge in [0.15, 0.2) is 6.61 Å². The molecule has 1 aliphatic rings. The molecule has 2 aromatic rings. The van der Waals surface area contributed by atoms with Crippen LogP contribution in [0.15, 0.2) is 41.3 Å². The maximum atomic E-state index is 12.7. The maximum absolute atomic E-state index is 12.7. The third kappa shape index (κ3) is 4.71. The fourth-order valence-corrected chi connectivity index (χ4v) is 4.95. The summed E-state index contributed by atoms with van der Waals surface area (Å²) in [5, 5.41) is 12.6. The van der Waals surface area contributed by atoms with E-state index in [1.165, 1.54) is 33.6 Å². The molecule has 0 spiro atoms. The van der Waals surface area contributed by atoms with E-state index in [0.29, 0.717) is 18.8 Å². The number of ether oxygens (including phenoxy) is 1. The Morgan fingerprint density at radius 2 is 1.83 bits per heavy atom. The highest BCUT2D eigenvalue weighted by Gasteiger charge is 2.23. The molecule has 156 valence electrons. The first kappa shape index (κ1) is 21.1. The van der Waals surface area contributed by atoms with Gasteiger partial charge in [0.2, 0.25) is 10.0 Å². The highest BCUT2D eigenvalue weighted by atomic mass is 32.2. The van der Waals surface area contributed by atoms with Gasteiger partial charge >= 0.3 is 0 Å². The summed E-state index contributed by atoms with van der Waals surface area (Å²) >= 11 is 0. The summed E-state index contributed by atoms with van der Waals surface area (Å²) in [6.45, 7) is 3.91. The molecule has 3 rings (SSSR count). The summed E-state index contributed by atoms with van der Waals surface area (Å²) in [4.78, 5) is 12.3. The molecule has 0 aliphatic heterocycles. The number of carbonyl (C=O) groups is 1. The molecule has 0 fully saturated rings. The Morgan fingerprint density at radius 3 is 2.55 bits per heavy atom. The Hall–Kier alpha value is -2.58. The lowest BCUT2D eigenvalue weighted by Gasteiger charge is -2.19. The number of nitrogens with zero attached hydrogens (tertiary/aromatic N) is 1. The summed E-state index contributed by atoms with van der Waals surface area (Å²) in [6.07, 6.45) is 3.22. The first-order valence-corrected chi connectivity index (χ1v) is 11.2. The van der Waals surface area contributed by atoms with Crippen LogP contribution in [0, 0.1) is 0 Å². The molecule has 0 unspecified atom stereocenters. The number of hydrogen-bond donors (Lipinski definition) is 2. The lowest BCUT2D eigenvalue weighted by atomic mass is 10.1. The van der Waals surface area contributed by atoms with E-state index in [2.05, 4.69) is 5.32 Å². The van der Waals surface area contributed by atoms with Crippen LogP contribution in [0.3, 0.4) is 0 Å². The summed E-state index contributed by atoms with van der Waals surface area (Å²) in [7, 11) is -3.70. The van der Waals surface area contributed by atoms with Gasteiger partial charge in [-0.15, -0.1) is 0 Å². The molecule has 29 heavy (non-hydrogen) atoms. The summed E-state index contributed by atoms with van der Waals surface area (Å²) in [5.41, 5.74) is 2.59. The smallest absolute Gasteiger partial charge is 0.262 e. The fourth-order valence-electron chi connectivity index (χ4n) is 3.46. The van der Waals surface area contributed by atoms with Crippen molar-refractivity contribution in [1.82, 2.24) is 4.31 Å². The number of anilines is 1. The van der Waals surface area contributed by atoms with Gasteiger partial charge in [0.1, 0.15) is 11.5 Å². The Bertz CT molecular complexity index is 1000. The number of amides is 1. The second kappa shape index (κ2) is 8.84. The van der Waals surface area contributed by atoms with Gasteiger partial charge < -0.3 is 15.2 Å². The van der Waals surface area contributed by atoms with Crippen LogP contribution >= 0.6 is 0 Å². The quantitative estimate of drug-likeness (QED) is 0.643. The molecule has 2 N–H and O–H groups in total. The standard InChI is InChI=1S/C21H26N2O5S/c1-3-23(4-2)29(26,27)18-10-11-20(24)19(13-18)22-21(25)14-28-17-9-8-15-6-5-7-16(15)12-17/h8-13,24H,3-7,14H2,1-2H3,(H,22,25). The van der Waals surface area contributed by atoms with E-state index in [-0.39, 0.29) is 22.9 Å². The van der Waals surface area contributed by atoms with Gasteiger partial charge in [-0.3, -0.25) is 4.79 Å². The van der Waals surface area contributed by atoms with E-state index < -0.39 is 15.9 Å². The molecule has 0 radical (unpaired) electrons. The topological polar surface area (TPSA) is 95.9 Å². The van der Waals surface area contributed by atoms with Crippen LogP contribution in [0.25, 0.3) is 0 Å². The average molecular weight is 419 g/mol. The van der Waals surface area contributed by atoms with Gasteiger partial charge in [0.05, 0.1) is 10.6 Å². The molecule has 1 aliphatic carbocycles. The molecule has 1 amide bonds. The van der Waals surface area contributed by atoms with E-state index in [0.717, 1.165) is 19.3 Å². The van der Waals surface area contributed by atoms with Crippen LogP contribution < -0.4 is 10.1 Å². The SMILES string of the molecule is CCN(CC)S(=O)(=O)c1ccc(O)c(NC(=O)COc2ccc3c(c2)CCC3)c1. The largest absolute Gasteiger partial charge is 0.506 e. The van der Waals surface area contributed by atoms with Crippen LogP contribution in [0.5, 0.6) is 11.5 Å². The van der Waals surface area contributed by atoms with E-state index in [1.807, 2.05) is 18.2 Å². The zero-order valence-corrected chi connectivity index (χ0v) is 17.5. The number of rotatable bonds is 8. The van der Waals surface area contributed by atoms with Crippen molar-refractivity contribution in [3.05, 3.63) is 47.5 Å². The molecule has 0 aromatic heterocycles. The number of hydrogen-bond acceptors (Lipinski definition) is 5. The van der Waals surface area contributed by atoms with Crippen molar-refractivity contribution in [1.29, 1.82) is 0 Å². The number of benzene rings is 2. The number of carbonyl (C=O) groups excluding carboxylic acids is 1. The first-order valence-electron chi connectivity index (χ1n) is 9.72. The van der Waals surface area contributed by atoms with Crippen LogP contribution in [-0.2, 0) is 27.7 Å². The molecule has 0 saturated heterocycles. The van der Waals surface area contributed by atoms with E-state index in [4.69, 9.17) is 4.74 Å². The monoisotopic (exact) mass is 418 g/mol. The summed E-state index contributed by atoms with van der Waals surface area (Å²) < 4.78 is 32.2. The molecule has 7 nitrogen and oxygen atoms in total. The number of fused-ring (bicyclic) bond motifs is 1. The van der Waals surface area contributed by atoms with Gasteiger partial charge in [-0.1, -0.05) is 19.9 Å². The predicted molar refractivity (Wildman–Crippen MR) is 111 cm³/mol. The molecule has 2 aromatic carbocycles. The highest BCUT2D eigenvalue weighted by molar-refractivity contribution is 7.89. The second-order valence-electron chi connectivity index (χ2n) is 6.89. The highest BCUT2D eigenvalue weighted by Crippen LogP contribution is 2.28. The van der Waals surface area contributed by atoms with Gasteiger partial charge in [-0.05, 0) is 60.7 Å². The maximum Gasteiger partial charge on any atom is 0.262 e. The molecule has 8 heteroatoms. The van der Waals surface area contributed by atoms with Crippen molar-refractivity contribution in [2.75, 3.05) is 25.0 Å². The van der Waals surface area contributed by atoms with Crippen molar-refractivity contribution < 1.29 is 23.1 Å². The van der Waals surface area contributed by atoms with E-state index >= 15 is 0 Å². The Morgan fingerprint density at radius 1 is 1.10 bits per heavy atom. The molecule has 0 atom stereocenters. The molecule has 0 saturated carbocycles. The Kier molecular flexibility index (Phi) is 6.44. The Balaban J connectivity index is 1.68. The van der Waals surface area contributed by atoms with Gasteiger partial charge in [0, 0.05) is 13.1 Å². The minimum absolute atomic E-state index is 0.00819. The molecular formula is C21H26N2O5S. The van der Waals surface area contributed by atoms with Crippen molar-refractivity contribution in [2.24, 2.45) is 0 Å². The molecular weight excluding hydrogens is 392 g/mol. The number of phenolic OH excluding ortho intramolecular Hbond substituents is 1. The van der Waals surface area contributed by atoms with Crippen LogP contribution in [0.1, 0.15) is 31.4 Å².